The first kappa shape index (κ1) is 26.5. The Balaban J connectivity index is 1.23. The van der Waals surface area contributed by atoms with Crippen LogP contribution in [0.2, 0.25) is 0 Å². The maximum Gasteiger partial charge on any atom is 0.308 e. The summed E-state index contributed by atoms with van der Waals surface area (Å²) in [5.74, 6) is -1.68. The Labute approximate surface area is 244 Å². The molecule has 1 N–H and O–H groups in total. The lowest BCUT2D eigenvalue weighted by atomic mass is 9.93. The van der Waals surface area contributed by atoms with Crippen LogP contribution in [0.4, 0.5) is 15.8 Å². The van der Waals surface area contributed by atoms with Crippen LogP contribution in [0.1, 0.15) is 53.7 Å². The molecule has 3 aliphatic rings. The number of imidazole rings is 1. The lowest BCUT2D eigenvalue weighted by Gasteiger charge is -2.35. The highest BCUT2D eigenvalue weighted by atomic mass is 19.1. The van der Waals surface area contributed by atoms with Crippen LogP contribution in [0, 0.1) is 11.7 Å². The first-order valence-corrected chi connectivity index (χ1v) is 14.8. The van der Waals surface area contributed by atoms with E-state index in [1.807, 2.05) is 44.7 Å². The number of carbonyl (C=O) groups is 2. The average molecular weight is 568 g/mol. The number of fused-ring (bicyclic) bond motifs is 2. The number of nitrogens with zero attached hydrogens (tertiary/aromatic N) is 5. The summed E-state index contributed by atoms with van der Waals surface area (Å²) >= 11 is 0. The standard InChI is InChI=1S/C33H34FN5O3/c1-21-26-7-3-2-6-22(26)11-15-39(21)32(40)24-16-30(36-12-4-5-13-36)31-35-29(20-38(31)19-24)27-9-8-25(17-28(27)34)37-14-10-23(18-37)33(41)42/h2-3,6-9,16-17,19-21,23H,4-5,10-15,18H2,1H3,(H,41,42)/t21-,23+/m1/s1. The fourth-order valence-corrected chi connectivity index (χ4v) is 6.84. The summed E-state index contributed by atoms with van der Waals surface area (Å²) in [7, 11) is 0. The first-order chi connectivity index (χ1) is 20.4. The third-order valence-corrected chi connectivity index (χ3v) is 9.21. The molecular weight excluding hydrogens is 533 g/mol. The van der Waals surface area contributed by atoms with E-state index in [4.69, 9.17) is 4.98 Å². The fraction of sp³-hybridized carbons (Fsp3) is 0.364. The number of benzene rings is 2. The van der Waals surface area contributed by atoms with Gasteiger partial charge in [-0.2, -0.15) is 0 Å². The molecule has 2 aromatic heterocycles. The van der Waals surface area contributed by atoms with Crippen LogP contribution in [0.3, 0.4) is 0 Å². The number of carbonyl (C=O) groups excluding carboxylic acids is 1. The number of halogens is 1. The lowest BCUT2D eigenvalue weighted by molar-refractivity contribution is -0.140. The van der Waals surface area contributed by atoms with Gasteiger partial charge in [-0.25, -0.2) is 9.37 Å². The highest BCUT2D eigenvalue weighted by Gasteiger charge is 2.31. The third kappa shape index (κ3) is 4.57. The average Bonchev–Trinajstić information content (AvgIpc) is 3.78. The van der Waals surface area contributed by atoms with Crippen LogP contribution in [-0.2, 0) is 11.2 Å². The number of rotatable bonds is 5. The normalized spacial score (nSPS) is 20.4. The van der Waals surface area contributed by atoms with Crippen LogP contribution in [-0.4, -0.2) is 64.0 Å². The van der Waals surface area contributed by atoms with E-state index >= 15 is 4.39 Å². The quantitative estimate of drug-likeness (QED) is 0.347. The molecule has 8 nitrogen and oxygen atoms in total. The maximum absolute atomic E-state index is 15.5. The van der Waals surface area contributed by atoms with Crippen LogP contribution in [0.15, 0.2) is 60.9 Å². The van der Waals surface area contributed by atoms with Gasteiger partial charge >= 0.3 is 5.97 Å². The number of pyridine rings is 1. The van der Waals surface area contributed by atoms with E-state index in [1.54, 1.807) is 12.3 Å². The minimum Gasteiger partial charge on any atom is -0.481 e. The molecule has 42 heavy (non-hydrogen) atoms. The molecule has 1 amide bonds. The molecule has 9 heteroatoms. The summed E-state index contributed by atoms with van der Waals surface area (Å²) < 4.78 is 17.4. The minimum absolute atomic E-state index is 0.0181. The summed E-state index contributed by atoms with van der Waals surface area (Å²) in [4.78, 5) is 36.3. The van der Waals surface area contributed by atoms with Gasteiger partial charge in [-0.1, -0.05) is 24.3 Å². The molecule has 2 fully saturated rings. The Morgan fingerprint density at radius 1 is 0.976 bits per heavy atom. The highest BCUT2D eigenvalue weighted by Crippen LogP contribution is 2.35. The number of carboxylic acid groups (broad SMARTS) is 1. The second-order valence-electron chi connectivity index (χ2n) is 11.7. The van der Waals surface area contributed by atoms with E-state index in [2.05, 4.69) is 24.0 Å². The molecule has 0 saturated carbocycles. The Morgan fingerprint density at radius 2 is 1.79 bits per heavy atom. The van der Waals surface area contributed by atoms with E-state index in [0.717, 1.165) is 38.0 Å². The summed E-state index contributed by atoms with van der Waals surface area (Å²) in [6.07, 6.45) is 7.15. The van der Waals surface area contributed by atoms with E-state index in [9.17, 15) is 14.7 Å². The number of hydrogen-bond donors (Lipinski definition) is 1. The number of aromatic nitrogens is 2. The molecule has 216 valence electrons. The molecule has 0 radical (unpaired) electrons. The largest absolute Gasteiger partial charge is 0.481 e. The van der Waals surface area contributed by atoms with Gasteiger partial charge in [0.1, 0.15) is 5.82 Å². The molecular formula is C33H34FN5O3. The Hall–Kier alpha value is -4.40. The van der Waals surface area contributed by atoms with Gasteiger partial charge in [0.15, 0.2) is 5.65 Å². The van der Waals surface area contributed by atoms with Crippen molar-refractivity contribution in [3.8, 4) is 11.3 Å². The van der Waals surface area contributed by atoms with Crippen LogP contribution >= 0.6 is 0 Å². The van der Waals surface area contributed by atoms with Crippen molar-refractivity contribution in [2.75, 3.05) is 42.5 Å². The smallest absolute Gasteiger partial charge is 0.308 e. The van der Waals surface area contributed by atoms with Crippen molar-refractivity contribution in [3.63, 3.8) is 0 Å². The maximum atomic E-state index is 15.5. The van der Waals surface area contributed by atoms with Crippen molar-refractivity contribution in [2.24, 2.45) is 5.92 Å². The second kappa shape index (κ2) is 10.5. The van der Waals surface area contributed by atoms with Crippen molar-refractivity contribution < 1.29 is 19.1 Å². The van der Waals surface area contributed by atoms with E-state index in [1.165, 1.54) is 17.2 Å². The summed E-state index contributed by atoms with van der Waals surface area (Å²) in [6, 6.07) is 15.3. The number of amides is 1. The molecule has 0 spiro atoms. The van der Waals surface area contributed by atoms with Gasteiger partial charge in [0.05, 0.1) is 28.9 Å². The molecule has 0 bridgehead atoms. The molecule has 0 unspecified atom stereocenters. The lowest BCUT2D eigenvalue weighted by Crippen LogP contribution is -2.39. The number of aliphatic carboxylic acids is 1. The van der Waals surface area contributed by atoms with Crippen molar-refractivity contribution in [3.05, 3.63) is 83.4 Å². The van der Waals surface area contributed by atoms with E-state index in [0.29, 0.717) is 54.2 Å². The van der Waals surface area contributed by atoms with Gasteiger partial charge < -0.3 is 24.2 Å². The molecule has 7 rings (SSSR count). The fourth-order valence-electron chi connectivity index (χ4n) is 6.84. The summed E-state index contributed by atoms with van der Waals surface area (Å²) in [5.41, 5.74) is 6.21. The minimum atomic E-state index is -0.814. The van der Waals surface area contributed by atoms with Crippen LogP contribution < -0.4 is 9.80 Å². The predicted octanol–water partition coefficient (Wildman–Crippen LogP) is 5.41. The highest BCUT2D eigenvalue weighted by molar-refractivity contribution is 5.96. The Bertz CT molecular complexity index is 1690. The predicted molar refractivity (Wildman–Crippen MR) is 160 cm³/mol. The van der Waals surface area contributed by atoms with Crippen molar-refractivity contribution in [2.45, 2.75) is 38.6 Å². The summed E-state index contributed by atoms with van der Waals surface area (Å²) in [6.45, 7) is 5.48. The van der Waals surface area contributed by atoms with Gasteiger partial charge in [-0.05, 0) is 68.0 Å². The van der Waals surface area contributed by atoms with Gasteiger partial charge in [0, 0.05) is 56.4 Å². The van der Waals surface area contributed by atoms with Crippen LogP contribution in [0.5, 0.6) is 0 Å². The van der Waals surface area contributed by atoms with Gasteiger partial charge in [0.2, 0.25) is 0 Å². The van der Waals surface area contributed by atoms with Crippen molar-refractivity contribution >= 4 is 28.9 Å². The zero-order valence-corrected chi connectivity index (χ0v) is 23.7. The van der Waals surface area contributed by atoms with Crippen LogP contribution in [0.25, 0.3) is 16.9 Å². The van der Waals surface area contributed by atoms with Gasteiger partial charge in [-0.3, -0.25) is 9.59 Å². The Kier molecular flexibility index (Phi) is 6.60. The van der Waals surface area contributed by atoms with Crippen molar-refractivity contribution in [1.29, 1.82) is 0 Å². The third-order valence-electron chi connectivity index (χ3n) is 9.21. The zero-order valence-electron chi connectivity index (χ0n) is 23.7. The molecule has 2 atom stereocenters. The first-order valence-electron chi connectivity index (χ1n) is 14.8. The molecule has 2 saturated heterocycles. The Morgan fingerprint density at radius 3 is 2.55 bits per heavy atom. The molecule has 5 heterocycles. The second-order valence-corrected chi connectivity index (χ2v) is 11.7. The monoisotopic (exact) mass is 567 g/mol. The number of carboxylic acids is 1. The zero-order chi connectivity index (χ0) is 29.0. The van der Waals surface area contributed by atoms with Gasteiger partial charge in [-0.15, -0.1) is 0 Å². The molecule has 2 aromatic carbocycles. The molecule has 4 aromatic rings. The molecule has 0 aliphatic carbocycles. The van der Waals surface area contributed by atoms with E-state index in [-0.39, 0.29) is 11.9 Å². The van der Waals surface area contributed by atoms with Crippen molar-refractivity contribution in [1.82, 2.24) is 14.3 Å². The summed E-state index contributed by atoms with van der Waals surface area (Å²) in [5, 5.41) is 9.34. The van der Waals surface area contributed by atoms with E-state index < -0.39 is 17.7 Å². The topological polar surface area (TPSA) is 81.4 Å². The molecule has 3 aliphatic heterocycles. The number of hydrogen-bond acceptors (Lipinski definition) is 5. The number of anilines is 2. The van der Waals surface area contributed by atoms with Gasteiger partial charge in [0.25, 0.3) is 5.91 Å². The SMILES string of the molecule is C[C@@H]1c2ccccc2CCN1C(=O)c1cc(N2CCCC2)c2nc(-c3ccc(N4CC[C@H](C(=O)O)C4)cc3F)cn2c1.